The van der Waals surface area contributed by atoms with Crippen molar-refractivity contribution in [1.82, 2.24) is 5.32 Å². The smallest absolute Gasteiger partial charge is 0.253 e. The molecule has 2 aromatic carbocycles. The van der Waals surface area contributed by atoms with Crippen LogP contribution in [0.4, 0.5) is 5.69 Å². The van der Waals surface area contributed by atoms with Crippen LogP contribution in [0.25, 0.3) is 0 Å². The minimum Gasteiger partial charge on any atom is -0.347 e. The summed E-state index contributed by atoms with van der Waals surface area (Å²) in [4.78, 5) is 25.6. The highest BCUT2D eigenvalue weighted by Crippen LogP contribution is 2.21. The van der Waals surface area contributed by atoms with Gasteiger partial charge in [0.2, 0.25) is 5.91 Å². The monoisotopic (exact) mass is 376 g/mol. The lowest BCUT2D eigenvalue weighted by molar-refractivity contribution is -0.113. The fraction of sp³-hybridized carbons (Fsp3) is 0.263. The van der Waals surface area contributed by atoms with Crippen molar-refractivity contribution in [3.8, 4) is 0 Å². The highest BCUT2D eigenvalue weighted by atomic mass is 35.5. The fourth-order valence-electron chi connectivity index (χ4n) is 2.06. The van der Waals surface area contributed by atoms with Crippen molar-refractivity contribution in [2.24, 2.45) is 0 Å². The normalized spacial score (nSPS) is 11.0. The number of halogens is 1. The van der Waals surface area contributed by atoms with Gasteiger partial charge in [-0.3, -0.25) is 9.59 Å². The average molecular weight is 377 g/mol. The SMILES string of the molecule is CC(C)(C)NC(=O)c1ccccc1NC(=O)CSc1ccc(Cl)cc1. The van der Waals surface area contributed by atoms with Gasteiger partial charge in [-0.2, -0.15) is 0 Å². The van der Waals surface area contributed by atoms with Crippen molar-refractivity contribution < 1.29 is 9.59 Å². The number of carbonyl (C=O) groups is 2. The summed E-state index contributed by atoms with van der Waals surface area (Å²) in [6.07, 6.45) is 0. The van der Waals surface area contributed by atoms with E-state index in [1.807, 2.05) is 32.9 Å². The maximum absolute atomic E-state index is 12.4. The summed E-state index contributed by atoms with van der Waals surface area (Å²) in [5, 5.41) is 6.38. The summed E-state index contributed by atoms with van der Waals surface area (Å²) >= 11 is 7.26. The number of anilines is 1. The van der Waals surface area contributed by atoms with Gasteiger partial charge in [0.1, 0.15) is 0 Å². The van der Waals surface area contributed by atoms with Crippen molar-refractivity contribution in [1.29, 1.82) is 0 Å². The molecule has 0 aliphatic carbocycles. The van der Waals surface area contributed by atoms with Crippen LogP contribution in [0, 0.1) is 0 Å². The first kappa shape index (κ1) is 19.3. The van der Waals surface area contributed by atoms with Gasteiger partial charge in [-0.25, -0.2) is 0 Å². The van der Waals surface area contributed by atoms with Crippen LogP contribution in [-0.4, -0.2) is 23.1 Å². The van der Waals surface area contributed by atoms with Crippen LogP contribution in [0.15, 0.2) is 53.4 Å². The Morgan fingerprint density at radius 3 is 2.32 bits per heavy atom. The first-order chi connectivity index (χ1) is 11.7. The Morgan fingerprint density at radius 1 is 1.04 bits per heavy atom. The topological polar surface area (TPSA) is 58.2 Å². The van der Waals surface area contributed by atoms with E-state index in [1.54, 1.807) is 36.4 Å². The second kappa shape index (κ2) is 8.41. The minimum atomic E-state index is -0.349. The average Bonchev–Trinajstić information content (AvgIpc) is 2.53. The van der Waals surface area contributed by atoms with Crippen LogP contribution in [0.5, 0.6) is 0 Å². The van der Waals surface area contributed by atoms with Gasteiger partial charge < -0.3 is 10.6 Å². The van der Waals surface area contributed by atoms with Gasteiger partial charge in [-0.15, -0.1) is 11.8 Å². The van der Waals surface area contributed by atoms with Crippen molar-refractivity contribution in [3.63, 3.8) is 0 Å². The third kappa shape index (κ3) is 6.44. The predicted molar refractivity (Wildman–Crippen MR) is 104 cm³/mol. The maximum atomic E-state index is 12.4. The Hall–Kier alpha value is -1.98. The molecule has 0 aliphatic rings. The van der Waals surface area contributed by atoms with E-state index in [-0.39, 0.29) is 23.1 Å². The molecule has 6 heteroatoms. The molecule has 0 saturated carbocycles. The third-order valence-electron chi connectivity index (χ3n) is 3.12. The lowest BCUT2D eigenvalue weighted by Crippen LogP contribution is -2.40. The number of nitrogens with one attached hydrogen (secondary N) is 2. The number of hydrogen-bond acceptors (Lipinski definition) is 3. The van der Waals surface area contributed by atoms with Gasteiger partial charge >= 0.3 is 0 Å². The molecule has 132 valence electrons. The zero-order valence-electron chi connectivity index (χ0n) is 14.4. The van der Waals surface area contributed by atoms with Crippen LogP contribution in [0.2, 0.25) is 5.02 Å². The Balaban J connectivity index is 2.00. The van der Waals surface area contributed by atoms with Crippen molar-refractivity contribution in [2.45, 2.75) is 31.2 Å². The first-order valence-electron chi connectivity index (χ1n) is 7.84. The van der Waals surface area contributed by atoms with E-state index in [0.717, 1.165) is 4.90 Å². The van der Waals surface area contributed by atoms with Gasteiger partial charge in [0.15, 0.2) is 0 Å². The molecule has 0 unspecified atom stereocenters. The summed E-state index contributed by atoms with van der Waals surface area (Å²) in [7, 11) is 0. The van der Waals surface area contributed by atoms with Gasteiger partial charge in [0, 0.05) is 15.5 Å². The number of hydrogen-bond donors (Lipinski definition) is 2. The lowest BCUT2D eigenvalue weighted by atomic mass is 10.1. The van der Waals surface area contributed by atoms with Crippen molar-refractivity contribution in [3.05, 3.63) is 59.1 Å². The maximum Gasteiger partial charge on any atom is 0.253 e. The van der Waals surface area contributed by atoms with E-state index in [0.29, 0.717) is 16.3 Å². The molecule has 0 aromatic heterocycles. The second-order valence-electron chi connectivity index (χ2n) is 6.54. The third-order valence-corrected chi connectivity index (χ3v) is 4.38. The molecule has 2 aromatic rings. The molecule has 25 heavy (non-hydrogen) atoms. The molecule has 0 fully saturated rings. The van der Waals surface area contributed by atoms with Crippen LogP contribution in [-0.2, 0) is 4.79 Å². The van der Waals surface area contributed by atoms with Crippen LogP contribution < -0.4 is 10.6 Å². The van der Waals surface area contributed by atoms with Gasteiger partial charge in [-0.05, 0) is 57.2 Å². The molecule has 2 amide bonds. The Bertz CT molecular complexity index is 755. The molecule has 0 atom stereocenters. The number of carbonyl (C=O) groups excluding carboxylic acids is 2. The standard InChI is InChI=1S/C19H21ClN2O2S/c1-19(2,3)22-18(24)15-6-4-5-7-16(15)21-17(23)12-25-14-10-8-13(20)9-11-14/h4-11H,12H2,1-3H3,(H,21,23)(H,22,24). The Labute approximate surface area is 157 Å². The van der Waals surface area contributed by atoms with E-state index in [4.69, 9.17) is 11.6 Å². The van der Waals surface area contributed by atoms with E-state index >= 15 is 0 Å². The molecule has 0 saturated heterocycles. The zero-order chi connectivity index (χ0) is 18.4. The second-order valence-corrected chi connectivity index (χ2v) is 8.03. The van der Waals surface area contributed by atoms with Gasteiger partial charge in [-0.1, -0.05) is 23.7 Å². The van der Waals surface area contributed by atoms with E-state index in [9.17, 15) is 9.59 Å². The summed E-state index contributed by atoms with van der Waals surface area (Å²) < 4.78 is 0. The minimum absolute atomic E-state index is 0.170. The largest absolute Gasteiger partial charge is 0.347 e. The van der Waals surface area contributed by atoms with Crippen molar-refractivity contribution >= 4 is 40.9 Å². The molecule has 0 radical (unpaired) electrons. The summed E-state index contributed by atoms with van der Waals surface area (Å²) in [5.74, 6) is -0.138. The number of rotatable bonds is 5. The first-order valence-corrected chi connectivity index (χ1v) is 9.21. The molecule has 0 bridgehead atoms. The van der Waals surface area contributed by atoms with Crippen molar-refractivity contribution in [2.75, 3.05) is 11.1 Å². The number of thioether (sulfide) groups is 1. The fourth-order valence-corrected chi connectivity index (χ4v) is 2.89. The highest BCUT2D eigenvalue weighted by molar-refractivity contribution is 8.00. The highest BCUT2D eigenvalue weighted by Gasteiger charge is 2.18. The predicted octanol–water partition coefficient (Wildman–Crippen LogP) is 4.60. The van der Waals surface area contributed by atoms with E-state index in [2.05, 4.69) is 10.6 Å². The number of para-hydroxylation sites is 1. The number of amides is 2. The summed E-state index contributed by atoms with van der Waals surface area (Å²) in [6, 6.07) is 14.3. The molecule has 2 rings (SSSR count). The van der Waals surface area contributed by atoms with Crippen LogP contribution in [0.3, 0.4) is 0 Å². The molecular weight excluding hydrogens is 356 g/mol. The van der Waals surface area contributed by atoms with Gasteiger partial charge in [0.25, 0.3) is 5.91 Å². The molecule has 0 heterocycles. The molecular formula is C19H21ClN2O2S. The Kier molecular flexibility index (Phi) is 6.51. The number of benzene rings is 2. The van der Waals surface area contributed by atoms with Crippen LogP contribution in [0.1, 0.15) is 31.1 Å². The summed E-state index contributed by atoms with van der Waals surface area (Å²) in [6.45, 7) is 5.73. The molecule has 4 nitrogen and oxygen atoms in total. The summed E-state index contributed by atoms with van der Waals surface area (Å²) in [5.41, 5.74) is 0.603. The quantitative estimate of drug-likeness (QED) is 0.750. The zero-order valence-corrected chi connectivity index (χ0v) is 16.0. The Morgan fingerprint density at radius 2 is 1.68 bits per heavy atom. The van der Waals surface area contributed by atoms with E-state index < -0.39 is 0 Å². The molecule has 0 spiro atoms. The van der Waals surface area contributed by atoms with E-state index in [1.165, 1.54) is 11.8 Å². The van der Waals surface area contributed by atoms with Gasteiger partial charge in [0.05, 0.1) is 17.0 Å². The molecule has 2 N–H and O–H groups in total. The van der Waals surface area contributed by atoms with Crippen LogP contribution >= 0.6 is 23.4 Å². The lowest BCUT2D eigenvalue weighted by Gasteiger charge is -2.21. The molecule has 0 aliphatic heterocycles.